The van der Waals surface area contributed by atoms with Crippen LogP contribution < -0.4 is 21.3 Å². The molecule has 0 aromatic rings. The number of carbonyl (C=O) groups excluding carboxylic acids is 6. The third-order valence-corrected chi connectivity index (χ3v) is 8.90. The fourth-order valence-corrected chi connectivity index (χ4v) is 5.01. The minimum atomic E-state index is -1.18. The van der Waals surface area contributed by atoms with Gasteiger partial charge in [0.25, 0.3) is 11.8 Å². The van der Waals surface area contributed by atoms with Crippen molar-refractivity contribution in [1.29, 1.82) is 0 Å². The van der Waals surface area contributed by atoms with Crippen LogP contribution in [0.15, 0.2) is 12.2 Å². The lowest BCUT2D eigenvalue weighted by Gasteiger charge is -2.31. The van der Waals surface area contributed by atoms with E-state index in [1.807, 2.05) is 27.7 Å². The van der Waals surface area contributed by atoms with Crippen LogP contribution in [-0.2, 0) is 38.3 Å². The van der Waals surface area contributed by atoms with Crippen molar-refractivity contribution < 1.29 is 43.4 Å². The van der Waals surface area contributed by atoms with Gasteiger partial charge in [-0.2, -0.15) is 0 Å². The molecule has 276 valence electrons. The molecule has 0 saturated heterocycles. The molecule has 1 heterocycles. The van der Waals surface area contributed by atoms with Crippen molar-refractivity contribution in [3.63, 3.8) is 0 Å². The van der Waals surface area contributed by atoms with Gasteiger partial charge in [-0.1, -0.05) is 53.8 Å². The summed E-state index contributed by atoms with van der Waals surface area (Å²) in [4.78, 5) is 86.6. The molecule has 0 spiro atoms. The predicted molar refractivity (Wildman–Crippen MR) is 187 cm³/mol. The highest BCUT2D eigenvalue weighted by Gasteiger charge is 2.31. The molecule has 49 heavy (non-hydrogen) atoms. The first kappa shape index (κ1) is 43.3. The summed E-state index contributed by atoms with van der Waals surface area (Å²) in [5, 5.41) is 20.8. The standard InChI is InChI=1S/C34H55N5O9S/c1-20(2)28(30(45)36-22(5)29(44)21(3)4)38-25(41)11-10-23(31(46)47)37-32(49)33(6,7)16-19-48-34(8,9)15-17-35-24(40)14-18-39-26(42)12-13-27(39)43/h12-13,20-23,28H,10-11,14-19H2,1-9H3,(H,35,40)(H,36,45)(H,37,49)(H,38,41)(H,46,47)/t22-,23-,28-/m0/s1. The molecule has 0 aliphatic carbocycles. The Bertz CT molecular complexity index is 1260. The lowest BCUT2D eigenvalue weighted by molar-refractivity contribution is -0.140. The number of nitrogens with zero attached hydrogens (tertiary/aromatic N) is 1. The molecule has 1 aliphatic heterocycles. The van der Waals surface area contributed by atoms with Gasteiger partial charge >= 0.3 is 5.97 Å². The number of imide groups is 1. The van der Waals surface area contributed by atoms with Gasteiger partial charge < -0.3 is 31.1 Å². The number of hydrogen-bond donors (Lipinski definition) is 5. The third-order valence-electron chi connectivity index (χ3n) is 8.23. The SMILES string of the molecule is CC(C)C(=O)[C@H](C)NC(=O)[C@@H](NC(=O)CC[C@H](NC(=S)C(C)(C)CCOC(C)(C)CCNC(=O)CCN1C(=O)C=CC1=O)C(=O)O)C(C)C. The van der Waals surface area contributed by atoms with Crippen LogP contribution in [-0.4, -0.2) is 99.7 Å². The van der Waals surface area contributed by atoms with Crippen molar-refractivity contribution in [3.05, 3.63) is 12.2 Å². The van der Waals surface area contributed by atoms with Gasteiger partial charge in [-0.25, -0.2) is 4.79 Å². The lowest BCUT2D eigenvalue weighted by atomic mass is 9.88. The zero-order chi connectivity index (χ0) is 37.7. The van der Waals surface area contributed by atoms with Crippen LogP contribution in [0, 0.1) is 17.3 Å². The van der Waals surface area contributed by atoms with Gasteiger partial charge in [0.05, 0.1) is 16.6 Å². The number of ketones is 1. The second kappa shape index (κ2) is 19.5. The topological polar surface area (TPSA) is 200 Å². The summed E-state index contributed by atoms with van der Waals surface area (Å²) in [6, 6.07) is -2.76. The van der Waals surface area contributed by atoms with E-state index < -0.39 is 58.7 Å². The van der Waals surface area contributed by atoms with E-state index >= 15 is 0 Å². The maximum atomic E-state index is 12.8. The van der Waals surface area contributed by atoms with E-state index in [9.17, 15) is 38.7 Å². The van der Waals surface area contributed by atoms with Crippen LogP contribution in [0.4, 0.5) is 0 Å². The molecule has 15 heteroatoms. The molecule has 5 amide bonds. The van der Waals surface area contributed by atoms with Gasteiger partial charge in [-0.05, 0) is 46.0 Å². The Hall–Kier alpha value is -3.72. The van der Waals surface area contributed by atoms with Crippen molar-refractivity contribution in [2.75, 3.05) is 19.7 Å². The fourth-order valence-electron chi connectivity index (χ4n) is 4.77. The highest BCUT2D eigenvalue weighted by molar-refractivity contribution is 7.80. The average Bonchev–Trinajstić information content (AvgIpc) is 3.31. The molecule has 3 atom stereocenters. The van der Waals surface area contributed by atoms with Crippen molar-refractivity contribution in [2.24, 2.45) is 17.3 Å². The molecule has 0 saturated carbocycles. The normalized spacial score (nSPS) is 15.2. The number of amides is 5. The van der Waals surface area contributed by atoms with Crippen molar-refractivity contribution in [1.82, 2.24) is 26.2 Å². The number of thiocarbonyl (C=S) groups is 1. The van der Waals surface area contributed by atoms with Crippen LogP contribution >= 0.6 is 12.2 Å². The summed E-state index contributed by atoms with van der Waals surface area (Å²) in [6.07, 6.45) is 3.03. The predicted octanol–water partition coefficient (Wildman–Crippen LogP) is 2.04. The average molecular weight is 710 g/mol. The lowest BCUT2D eigenvalue weighted by Crippen LogP contribution is -2.53. The zero-order valence-corrected chi connectivity index (χ0v) is 31.1. The first-order valence-electron chi connectivity index (χ1n) is 16.7. The Labute approximate surface area is 294 Å². The van der Waals surface area contributed by atoms with E-state index in [0.717, 1.165) is 4.90 Å². The third kappa shape index (κ3) is 15.2. The number of rotatable bonds is 22. The number of nitrogens with one attached hydrogen (secondary N) is 4. The second-order valence-corrected chi connectivity index (χ2v) is 14.6. The first-order chi connectivity index (χ1) is 22.6. The van der Waals surface area contributed by atoms with E-state index in [4.69, 9.17) is 17.0 Å². The number of carbonyl (C=O) groups is 7. The summed E-state index contributed by atoms with van der Waals surface area (Å²) >= 11 is 5.56. The Morgan fingerprint density at radius 1 is 0.878 bits per heavy atom. The summed E-state index contributed by atoms with van der Waals surface area (Å²) in [6.45, 7) is 16.7. The van der Waals surface area contributed by atoms with Crippen molar-refractivity contribution in [3.8, 4) is 0 Å². The number of carboxylic acid groups (broad SMARTS) is 1. The fraction of sp³-hybridized carbons (Fsp3) is 0.706. The first-order valence-corrected chi connectivity index (χ1v) is 17.1. The molecule has 0 radical (unpaired) electrons. The number of carboxylic acids is 1. The molecule has 1 rings (SSSR count). The van der Waals surface area contributed by atoms with Crippen LogP contribution in [0.3, 0.4) is 0 Å². The highest BCUT2D eigenvalue weighted by atomic mass is 32.1. The van der Waals surface area contributed by atoms with Crippen molar-refractivity contribution in [2.45, 2.75) is 118 Å². The number of aliphatic carboxylic acids is 1. The Kier molecular flexibility index (Phi) is 17.2. The Morgan fingerprint density at radius 3 is 2.00 bits per heavy atom. The van der Waals surface area contributed by atoms with E-state index in [2.05, 4.69) is 21.3 Å². The second-order valence-electron chi connectivity index (χ2n) is 14.2. The zero-order valence-electron chi connectivity index (χ0n) is 30.3. The van der Waals surface area contributed by atoms with Crippen LogP contribution in [0.1, 0.15) is 94.4 Å². The molecule has 0 aromatic heterocycles. The van der Waals surface area contributed by atoms with Gasteiger partial charge in [0, 0.05) is 56.0 Å². The van der Waals surface area contributed by atoms with Gasteiger partial charge in [-0.15, -0.1) is 0 Å². The molecular formula is C34H55N5O9S. The number of ether oxygens (including phenoxy) is 1. The van der Waals surface area contributed by atoms with E-state index in [1.54, 1.807) is 34.6 Å². The Morgan fingerprint density at radius 2 is 1.47 bits per heavy atom. The number of hydrogen-bond acceptors (Lipinski definition) is 9. The summed E-state index contributed by atoms with van der Waals surface area (Å²) in [7, 11) is 0. The van der Waals surface area contributed by atoms with Crippen LogP contribution in [0.5, 0.6) is 0 Å². The molecule has 0 fully saturated rings. The van der Waals surface area contributed by atoms with E-state index in [1.165, 1.54) is 12.2 Å². The molecule has 0 bridgehead atoms. The molecule has 1 aliphatic rings. The van der Waals surface area contributed by atoms with E-state index in [-0.39, 0.29) is 49.3 Å². The minimum Gasteiger partial charge on any atom is -0.480 e. The maximum Gasteiger partial charge on any atom is 0.326 e. The summed E-state index contributed by atoms with van der Waals surface area (Å²) in [5.74, 6) is -3.99. The molecule has 0 aromatic carbocycles. The van der Waals surface area contributed by atoms with Crippen LogP contribution in [0.25, 0.3) is 0 Å². The monoisotopic (exact) mass is 709 g/mol. The van der Waals surface area contributed by atoms with Crippen LogP contribution in [0.2, 0.25) is 0 Å². The quantitative estimate of drug-likeness (QED) is 0.0814. The number of Topliss-reactive ketones (excluding diaryl/α,β-unsaturated/α-hetero) is 1. The van der Waals surface area contributed by atoms with Gasteiger partial charge in [0.15, 0.2) is 5.78 Å². The highest BCUT2D eigenvalue weighted by Crippen LogP contribution is 2.25. The smallest absolute Gasteiger partial charge is 0.326 e. The largest absolute Gasteiger partial charge is 0.480 e. The molecular weight excluding hydrogens is 654 g/mol. The van der Waals surface area contributed by atoms with Gasteiger partial charge in [0.2, 0.25) is 17.7 Å². The summed E-state index contributed by atoms with van der Waals surface area (Å²) in [5.41, 5.74) is -1.26. The van der Waals surface area contributed by atoms with Gasteiger partial charge in [0.1, 0.15) is 12.1 Å². The molecule has 0 unspecified atom stereocenters. The van der Waals surface area contributed by atoms with Crippen molar-refractivity contribution >= 4 is 58.5 Å². The molecule has 5 N–H and O–H groups in total. The molecule has 14 nitrogen and oxygen atoms in total. The van der Waals surface area contributed by atoms with Gasteiger partial charge in [-0.3, -0.25) is 33.7 Å². The Balaban J connectivity index is 2.55. The van der Waals surface area contributed by atoms with E-state index in [0.29, 0.717) is 31.0 Å². The summed E-state index contributed by atoms with van der Waals surface area (Å²) < 4.78 is 6.06. The minimum absolute atomic E-state index is 0.00219. The maximum absolute atomic E-state index is 12.8.